The zero-order valence-electron chi connectivity index (χ0n) is 12.6. The van der Waals surface area contributed by atoms with E-state index in [-0.39, 0.29) is 6.04 Å². The first-order valence-electron chi connectivity index (χ1n) is 6.96. The standard InChI is InChI=1S/C17H22N2O/c1-5-18-16(14-11-12(2)8-9-13(14)3)17-15(20-4)7-6-10-19-17/h6-11,16,18H,5H2,1-4H3. The number of methoxy groups -OCH3 is 1. The van der Waals surface area contributed by atoms with E-state index in [1.54, 1.807) is 7.11 Å². The van der Waals surface area contributed by atoms with Gasteiger partial charge >= 0.3 is 0 Å². The van der Waals surface area contributed by atoms with E-state index < -0.39 is 0 Å². The highest BCUT2D eigenvalue weighted by molar-refractivity contribution is 5.41. The van der Waals surface area contributed by atoms with Gasteiger partial charge in [0, 0.05) is 6.20 Å². The smallest absolute Gasteiger partial charge is 0.142 e. The monoisotopic (exact) mass is 270 g/mol. The number of benzene rings is 1. The maximum absolute atomic E-state index is 5.46. The van der Waals surface area contributed by atoms with Crippen LogP contribution < -0.4 is 10.1 Å². The zero-order chi connectivity index (χ0) is 14.5. The molecule has 0 amide bonds. The first kappa shape index (κ1) is 14.5. The van der Waals surface area contributed by atoms with Crippen LogP contribution in [-0.2, 0) is 0 Å². The molecule has 1 aromatic carbocycles. The van der Waals surface area contributed by atoms with E-state index >= 15 is 0 Å². The number of nitrogens with one attached hydrogen (secondary N) is 1. The maximum Gasteiger partial charge on any atom is 0.142 e. The van der Waals surface area contributed by atoms with E-state index in [4.69, 9.17) is 4.74 Å². The Morgan fingerprint density at radius 2 is 2.05 bits per heavy atom. The topological polar surface area (TPSA) is 34.2 Å². The number of pyridine rings is 1. The molecule has 1 heterocycles. The molecule has 1 aromatic heterocycles. The van der Waals surface area contributed by atoms with Gasteiger partial charge in [-0.25, -0.2) is 0 Å². The lowest BCUT2D eigenvalue weighted by atomic mass is 9.96. The molecule has 3 nitrogen and oxygen atoms in total. The van der Waals surface area contributed by atoms with Crippen LogP contribution in [0.1, 0.15) is 35.3 Å². The Balaban J connectivity index is 2.53. The van der Waals surface area contributed by atoms with Crippen molar-refractivity contribution < 1.29 is 4.74 Å². The van der Waals surface area contributed by atoms with Gasteiger partial charge < -0.3 is 10.1 Å². The predicted molar refractivity (Wildman–Crippen MR) is 82.2 cm³/mol. The van der Waals surface area contributed by atoms with Crippen LogP contribution in [0.3, 0.4) is 0 Å². The normalized spacial score (nSPS) is 12.2. The van der Waals surface area contributed by atoms with Crippen molar-refractivity contribution in [2.24, 2.45) is 0 Å². The molecule has 106 valence electrons. The number of rotatable bonds is 5. The molecule has 3 heteroatoms. The summed E-state index contributed by atoms with van der Waals surface area (Å²) in [5.74, 6) is 0.819. The molecule has 0 spiro atoms. The first-order valence-corrected chi connectivity index (χ1v) is 6.96. The van der Waals surface area contributed by atoms with Gasteiger partial charge in [0.25, 0.3) is 0 Å². The van der Waals surface area contributed by atoms with Crippen molar-refractivity contribution in [1.29, 1.82) is 0 Å². The number of hydrogen-bond donors (Lipinski definition) is 1. The molecule has 0 aliphatic heterocycles. The molecule has 2 aromatic rings. The average molecular weight is 270 g/mol. The molecule has 1 atom stereocenters. The molecule has 1 unspecified atom stereocenters. The predicted octanol–water partition coefficient (Wildman–Crippen LogP) is 3.41. The quantitative estimate of drug-likeness (QED) is 0.904. The van der Waals surface area contributed by atoms with E-state index in [9.17, 15) is 0 Å². The minimum absolute atomic E-state index is 0.0519. The third kappa shape index (κ3) is 2.99. The minimum atomic E-state index is 0.0519. The molecule has 0 bridgehead atoms. The Morgan fingerprint density at radius 3 is 2.75 bits per heavy atom. The largest absolute Gasteiger partial charge is 0.495 e. The van der Waals surface area contributed by atoms with Crippen molar-refractivity contribution in [2.45, 2.75) is 26.8 Å². The summed E-state index contributed by atoms with van der Waals surface area (Å²) in [6.45, 7) is 7.22. The summed E-state index contributed by atoms with van der Waals surface area (Å²) in [4.78, 5) is 4.53. The van der Waals surface area contributed by atoms with Gasteiger partial charge in [0.15, 0.2) is 0 Å². The number of ether oxygens (including phenoxy) is 1. The highest BCUT2D eigenvalue weighted by atomic mass is 16.5. The SMILES string of the molecule is CCNC(c1cc(C)ccc1C)c1ncccc1OC. The van der Waals surface area contributed by atoms with E-state index in [2.05, 4.69) is 49.3 Å². The Labute approximate surface area is 121 Å². The fourth-order valence-corrected chi connectivity index (χ4v) is 2.42. The van der Waals surface area contributed by atoms with Crippen molar-refractivity contribution in [3.8, 4) is 5.75 Å². The highest BCUT2D eigenvalue weighted by Gasteiger charge is 2.20. The Kier molecular flexibility index (Phi) is 4.74. The first-order chi connectivity index (χ1) is 9.67. The Morgan fingerprint density at radius 1 is 1.25 bits per heavy atom. The molecule has 0 saturated carbocycles. The molecule has 0 saturated heterocycles. The van der Waals surface area contributed by atoms with Gasteiger partial charge in [0.2, 0.25) is 0 Å². The Hall–Kier alpha value is -1.87. The fourth-order valence-electron chi connectivity index (χ4n) is 2.42. The van der Waals surface area contributed by atoms with Gasteiger partial charge in [0.05, 0.1) is 13.2 Å². The van der Waals surface area contributed by atoms with Crippen molar-refractivity contribution in [1.82, 2.24) is 10.3 Å². The zero-order valence-corrected chi connectivity index (χ0v) is 12.6. The lowest BCUT2D eigenvalue weighted by molar-refractivity contribution is 0.400. The second kappa shape index (κ2) is 6.53. The van der Waals surface area contributed by atoms with Crippen LogP contribution >= 0.6 is 0 Å². The van der Waals surface area contributed by atoms with Gasteiger partial charge in [-0.1, -0.05) is 30.7 Å². The fraction of sp³-hybridized carbons (Fsp3) is 0.353. The van der Waals surface area contributed by atoms with Crippen LogP contribution in [0.15, 0.2) is 36.5 Å². The molecule has 0 aliphatic rings. The summed E-state index contributed by atoms with van der Waals surface area (Å²) in [6.07, 6.45) is 1.81. The number of aryl methyl sites for hydroxylation is 2. The van der Waals surface area contributed by atoms with Crippen molar-refractivity contribution in [3.63, 3.8) is 0 Å². The van der Waals surface area contributed by atoms with Crippen molar-refractivity contribution in [2.75, 3.05) is 13.7 Å². The average Bonchev–Trinajstić information content (AvgIpc) is 2.47. The lowest BCUT2D eigenvalue weighted by Crippen LogP contribution is -2.24. The third-order valence-corrected chi connectivity index (χ3v) is 3.45. The van der Waals surface area contributed by atoms with E-state index in [1.165, 1.54) is 16.7 Å². The van der Waals surface area contributed by atoms with Gasteiger partial charge in [0.1, 0.15) is 11.4 Å². The van der Waals surface area contributed by atoms with Crippen molar-refractivity contribution in [3.05, 3.63) is 58.9 Å². The van der Waals surface area contributed by atoms with Gasteiger partial charge in [-0.15, -0.1) is 0 Å². The second-order valence-corrected chi connectivity index (χ2v) is 4.94. The number of aromatic nitrogens is 1. The van der Waals surface area contributed by atoms with Crippen LogP contribution in [0.2, 0.25) is 0 Å². The molecular weight excluding hydrogens is 248 g/mol. The summed E-state index contributed by atoms with van der Waals surface area (Å²) in [7, 11) is 1.69. The van der Waals surface area contributed by atoms with Gasteiger partial charge in [-0.2, -0.15) is 0 Å². The summed E-state index contributed by atoms with van der Waals surface area (Å²) >= 11 is 0. The van der Waals surface area contributed by atoms with Gasteiger partial charge in [-0.3, -0.25) is 4.98 Å². The molecule has 0 aliphatic carbocycles. The van der Waals surface area contributed by atoms with Crippen LogP contribution in [0.4, 0.5) is 0 Å². The molecule has 2 rings (SSSR count). The number of nitrogens with zero attached hydrogens (tertiary/aromatic N) is 1. The van der Waals surface area contributed by atoms with E-state index in [0.29, 0.717) is 0 Å². The molecule has 1 N–H and O–H groups in total. The highest BCUT2D eigenvalue weighted by Crippen LogP contribution is 2.30. The van der Waals surface area contributed by atoms with Crippen molar-refractivity contribution >= 4 is 0 Å². The second-order valence-electron chi connectivity index (χ2n) is 4.94. The van der Waals surface area contributed by atoms with E-state index in [0.717, 1.165) is 18.0 Å². The van der Waals surface area contributed by atoms with Crippen LogP contribution in [0.5, 0.6) is 5.75 Å². The number of hydrogen-bond acceptors (Lipinski definition) is 3. The van der Waals surface area contributed by atoms with Gasteiger partial charge in [-0.05, 0) is 43.7 Å². The molecule has 0 fully saturated rings. The molecule has 0 radical (unpaired) electrons. The third-order valence-electron chi connectivity index (χ3n) is 3.45. The minimum Gasteiger partial charge on any atom is -0.495 e. The summed E-state index contributed by atoms with van der Waals surface area (Å²) in [6, 6.07) is 10.4. The Bertz CT molecular complexity index is 581. The lowest BCUT2D eigenvalue weighted by Gasteiger charge is -2.22. The summed E-state index contributed by atoms with van der Waals surface area (Å²) in [5.41, 5.74) is 4.70. The van der Waals surface area contributed by atoms with Crippen LogP contribution in [0.25, 0.3) is 0 Å². The summed E-state index contributed by atoms with van der Waals surface area (Å²) in [5, 5.41) is 3.52. The maximum atomic E-state index is 5.46. The van der Waals surface area contributed by atoms with Crippen LogP contribution in [0, 0.1) is 13.8 Å². The van der Waals surface area contributed by atoms with E-state index in [1.807, 2.05) is 18.3 Å². The summed E-state index contributed by atoms with van der Waals surface area (Å²) < 4.78 is 5.46. The molecule has 20 heavy (non-hydrogen) atoms. The molecular formula is C17H22N2O. The van der Waals surface area contributed by atoms with Crippen LogP contribution in [-0.4, -0.2) is 18.6 Å².